The number of anilines is 2. The minimum Gasteiger partial charge on any atom is -0.462 e. The number of non-ortho nitro benzene ring substituents is 1. The summed E-state index contributed by atoms with van der Waals surface area (Å²) in [7, 11) is 0. The molecule has 0 aliphatic carbocycles. The van der Waals surface area contributed by atoms with E-state index in [0.29, 0.717) is 0 Å². The van der Waals surface area contributed by atoms with Gasteiger partial charge in [-0.05, 0) is 19.1 Å². The number of hydrogen-bond acceptors (Lipinski definition) is 6. The van der Waals surface area contributed by atoms with Crippen molar-refractivity contribution >= 4 is 33.9 Å². The van der Waals surface area contributed by atoms with E-state index in [0.717, 1.165) is 12.1 Å². The van der Waals surface area contributed by atoms with Gasteiger partial charge in [0.05, 0.1) is 22.7 Å². The molecular formula is C18H13F2N3O4. The molecule has 1 N–H and O–H groups in total. The standard InChI is InChI=1S/C18H13F2N3O4/c1-2-27-18(24)13-9-21-16-8-15(20)14(19)7-12(16)17(13)22-10-4-3-5-11(6-10)23(25)26/h3-9H,2H2,1H3,(H,21,22). The Hall–Kier alpha value is -3.62. The molecule has 2 aromatic carbocycles. The van der Waals surface area contributed by atoms with Crippen molar-refractivity contribution < 1.29 is 23.2 Å². The Balaban J connectivity index is 2.19. The number of aromatic nitrogens is 1. The van der Waals surface area contributed by atoms with Gasteiger partial charge in [-0.1, -0.05) is 6.07 Å². The number of esters is 1. The highest BCUT2D eigenvalue weighted by molar-refractivity contribution is 6.06. The summed E-state index contributed by atoms with van der Waals surface area (Å²) in [5.41, 5.74) is 0.315. The second kappa shape index (κ2) is 7.32. The van der Waals surface area contributed by atoms with Gasteiger partial charge in [0.25, 0.3) is 5.69 Å². The van der Waals surface area contributed by atoms with Crippen LogP contribution in [0.4, 0.5) is 25.8 Å². The predicted octanol–water partition coefficient (Wildman–Crippen LogP) is 4.34. The largest absolute Gasteiger partial charge is 0.462 e. The van der Waals surface area contributed by atoms with E-state index < -0.39 is 22.5 Å². The van der Waals surface area contributed by atoms with Crippen LogP contribution in [0.1, 0.15) is 17.3 Å². The molecule has 0 saturated carbocycles. The summed E-state index contributed by atoms with van der Waals surface area (Å²) >= 11 is 0. The number of halogens is 2. The number of nitro groups is 1. The van der Waals surface area contributed by atoms with Gasteiger partial charge in [0, 0.05) is 35.5 Å². The van der Waals surface area contributed by atoms with Crippen molar-refractivity contribution in [2.24, 2.45) is 0 Å². The molecule has 0 radical (unpaired) electrons. The number of fused-ring (bicyclic) bond motifs is 1. The quantitative estimate of drug-likeness (QED) is 0.406. The molecule has 0 amide bonds. The maximum absolute atomic E-state index is 13.8. The summed E-state index contributed by atoms with van der Waals surface area (Å²) in [5.74, 6) is -2.92. The minimum atomic E-state index is -1.12. The normalized spacial score (nSPS) is 10.6. The lowest BCUT2D eigenvalue weighted by molar-refractivity contribution is -0.384. The van der Waals surface area contributed by atoms with Gasteiger partial charge < -0.3 is 10.1 Å². The van der Waals surface area contributed by atoms with Gasteiger partial charge >= 0.3 is 5.97 Å². The van der Waals surface area contributed by atoms with E-state index in [1.807, 2.05) is 0 Å². The Bertz CT molecular complexity index is 1060. The van der Waals surface area contributed by atoms with Gasteiger partial charge in [0.15, 0.2) is 11.6 Å². The van der Waals surface area contributed by atoms with Crippen LogP contribution >= 0.6 is 0 Å². The number of carbonyl (C=O) groups excluding carboxylic acids is 1. The van der Waals surface area contributed by atoms with Crippen LogP contribution in [-0.4, -0.2) is 22.5 Å². The molecule has 27 heavy (non-hydrogen) atoms. The van der Waals surface area contributed by atoms with Crippen molar-refractivity contribution in [1.82, 2.24) is 4.98 Å². The van der Waals surface area contributed by atoms with Crippen molar-refractivity contribution in [2.75, 3.05) is 11.9 Å². The van der Waals surface area contributed by atoms with E-state index in [1.54, 1.807) is 6.92 Å². The molecule has 3 rings (SSSR count). The molecule has 0 fully saturated rings. The summed E-state index contributed by atoms with van der Waals surface area (Å²) in [6, 6.07) is 7.35. The fourth-order valence-electron chi connectivity index (χ4n) is 2.53. The highest BCUT2D eigenvalue weighted by Crippen LogP contribution is 2.32. The molecule has 0 bridgehead atoms. The van der Waals surface area contributed by atoms with E-state index in [4.69, 9.17) is 4.74 Å². The van der Waals surface area contributed by atoms with Gasteiger partial charge in [-0.3, -0.25) is 15.1 Å². The van der Waals surface area contributed by atoms with E-state index in [1.165, 1.54) is 30.5 Å². The molecule has 7 nitrogen and oxygen atoms in total. The lowest BCUT2D eigenvalue weighted by Crippen LogP contribution is -2.09. The van der Waals surface area contributed by atoms with E-state index >= 15 is 0 Å². The highest BCUT2D eigenvalue weighted by atomic mass is 19.2. The zero-order valence-corrected chi connectivity index (χ0v) is 14.0. The van der Waals surface area contributed by atoms with E-state index in [-0.39, 0.29) is 40.1 Å². The molecular weight excluding hydrogens is 360 g/mol. The molecule has 0 saturated heterocycles. The van der Waals surface area contributed by atoms with Gasteiger partial charge in [-0.2, -0.15) is 0 Å². The van der Waals surface area contributed by atoms with Crippen LogP contribution in [0, 0.1) is 21.7 Å². The van der Waals surface area contributed by atoms with Crippen LogP contribution in [0.15, 0.2) is 42.6 Å². The number of nitrogens with one attached hydrogen (secondary N) is 1. The molecule has 0 atom stereocenters. The molecule has 0 unspecified atom stereocenters. The summed E-state index contributed by atoms with van der Waals surface area (Å²) in [5, 5.41) is 14.0. The number of benzene rings is 2. The summed E-state index contributed by atoms with van der Waals surface area (Å²) in [4.78, 5) is 26.6. The minimum absolute atomic E-state index is 0.0122. The lowest BCUT2D eigenvalue weighted by atomic mass is 10.1. The first-order valence-electron chi connectivity index (χ1n) is 7.87. The number of carbonyl (C=O) groups is 1. The number of hydrogen-bond donors (Lipinski definition) is 1. The number of nitrogens with zero attached hydrogens (tertiary/aromatic N) is 2. The molecule has 1 aromatic heterocycles. The Morgan fingerprint density at radius 2 is 2.00 bits per heavy atom. The molecule has 0 spiro atoms. The number of ether oxygens (including phenoxy) is 1. The third kappa shape index (κ3) is 3.66. The first kappa shape index (κ1) is 18.2. The molecule has 1 heterocycles. The third-order valence-electron chi connectivity index (χ3n) is 3.73. The fraction of sp³-hybridized carbons (Fsp3) is 0.111. The average Bonchev–Trinajstić information content (AvgIpc) is 2.63. The van der Waals surface area contributed by atoms with E-state index in [2.05, 4.69) is 10.3 Å². The highest BCUT2D eigenvalue weighted by Gasteiger charge is 2.19. The third-order valence-corrected chi connectivity index (χ3v) is 3.73. The van der Waals surface area contributed by atoms with Crippen molar-refractivity contribution in [2.45, 2.75) is 6.92 Å². The van der Waals surface area contributed by atoms with Crippen molar-refractivity contribution in [3.8, 4) is 0 Å². The van der Waals surface area contributed by atoms with Crippen molar-refractivity contribution in [1.29, 1.82) is 0 Å². The summed E-state index contributed by atoms with van der Waals surface area (Å²) in [6.45, 7) is 1.72. The SMILES string of the molecule is CCOC(=O)c1cnc2cc(F)c(F)cc2c1Nc1cccc([N+](=O)[O-])c1. The molecule has 9 heteroatoms. The van der Waals surface area contributed by atoms with Crippen LogP contribution in [0.5, 0.6) is 0 Å². The number of pyridine rings is 1. The lowest BCUT2D eigenvalue weighted by Gasteiger charge is -2.14. The second-order valence-corrected chi connectivity index (χ2v) is 5.48. The number of rotatable bonds is 5. The summed E-state index contributed by atoms with van der Waals surface area (Å²) < 4.78 is 32.3. The van der Waals surface area contributed by atoms with Crippen molar-refractivity contribution in [3.05, 3.63) is 69.9 Å². The Kier molecular flexibility index (Phi) is 4.93. The van der Waals surface area contributed by atoms with Crippen LogP contribution in [0.2, 0.25) is 0 Å². The van der Waals surface area contributed by atoms with E-state index in [9.17, 15) is 23.7 Å². The van der Waals surface area contributed by atoms with Crippen LogP contribution < -0.4 is 5.32 Å². The van der Waals surface area contributed by atoms with Crippen LogP contribution in [0.25, 0.3) is 10.9 Å². The topological polar surface area (TPSA) is 94.4 Å². The molecule has 0 aliphatic rings. The number of nitro benzene ring substituents is 1. The summed E-state index contributed by atoms with van der Waals surface area (Å²) in [6.07, 6.45) is 1.18. The first-order valence-corrected chi connectivity index (χ1v) is 7.87. The Labute approximate surface area is 151 Å². The predicted molar refractivity (Wildman–Crippen MR) is 94.0 cm³/mol. The first-order chi connectivity index (χ1) is 12.9. The molecule has 138 valence electrons. The van der Waals surface area contributed by atoms with Crippen molar-refractivity contribution in [3.63, 3.8) is 0 Å². The molecule has 0 aliphatic heterocycles. The average molecular weight is 373 g/mol. The smallest absolute Gasteiger partial charge is 0.341 e. The van der Waals surface area contributed by atoms with Crippen LogP contribution in [-0.2, 0) is 4.74 Å². The van der Waals surface area contributed by atoms with Gasteiger partial charge in [0.1, 0.15) is 5.56 Å². The van der Waals surface area contributed by atoms with Gasteiger partial charge in [-0.15, -0.1) is 0 Å². The second-order valence-electron chi connectivity index (χ2n) is 5.48. The van der Waals surface area contributed by atoms with Gasteiger partial charge in [0.2, 0.25) is 0 Å². The zero-order valence-electron chi connectivity index (χ0n) is 14.0. The van der Waals surface area contributed by atoms with Gasteiger partial charge in [-0.25, -0.2) is 13.6 Å². The zero-order chi connectivity index (χ0) is 19.6. The maximum atomic E-state index is 13.8. The van der Waals surface area contributed by atoms with Crippen LogP contribution in [0.3, 0.4) is 0 Å². The molecule has 3 aromatic rings. The fourth-order valence-corrected chi connectivity index (χ4v) is 2.53. The Morgan fingerprint density at radius 3 is 2.70 bits per heavy atom. The Morgan fingerprint density at radius 1 is 1.26 bits per heavy atom. The monoisotopic (exact) mass is 373 g/mol. The maximum Gasteiger partial charge on any atom is 0.341 e.